The van der Waals surface area contributed by atoms with E-state index in [1.54, 1.807) is 24.3 Å². The zero-order chi connectivity index (χ0) is 8.97. The average molecular weight is 169 g/mol. The summed E-state index contributed by atoms with van der Waals surface area (Å²) in [5.74, 6) is 0.567. The molecule has 0 heterocycles. The first-order chi connectivity index (χ1) is 5.68. The second kappa shape index (κ2) is 3.94. The van der Waals surface area contributed by atoms with Gasteiger partial charge in [0.1, 0.15) is 12.4 Å². The molecule has 1 rings (SSSR count). The predicted molar refractivity (Wildman–Crippen MR) is 44.6 cm³/mol. The largest absolute Gasteiger partial charge is 0.488 e. The van der Waals surface area contributed by atoms with Crippen LogP contribution in [-0.4, -0.2) is 23.1 Å². The third kappa shape index (κ3) is 2.77. The molecule has 0 fully saturated rings. The summed E-state index contributed by atoms with van der Waals surface area (Å²) in [5, 5.41) is 16.9. The SMILES string of the molecule is Nc1ccc(OCC(O)O)cc1. The van der Waals surface area contributed by atoms with Crippen LogP contribution in [0.5, 0.6) is 5.75 Å². The highest BCUT2D eigenvalue weighted by Crippen LogP contribution is 2.12. The van der Waals surface area contributed by atoms with Crippen LogP contribution in [0.1, 0.15) is 0 Å². The Labute approximate surface area is 70.2 Å². The van der Waals surface area contributed by atoms with Crippen molar-refractivity contribution < 1.29 is 14.9 Å². The summed E-state index contributed by atoms with van der Waals surface area (Å²) in [5.41, 5.74) is 6.07. The summed E-state index contributed by atoms with van der Waals surface area (Å²) in [7, 11) is 0. The molecule has 0 radical (unpaired) electrons. The molecule has 0 unspecified atom stereocenters. The molecule has 0 amide bonds. The molecule has 1 aromatic carbocycles. The minimum Gasteiger partial charge on any atom is -0.488 e. The van der Waals surface area contributed by atoms with Gasteiger partial charge in [-0.15, -0.1) is 0 Å². The number of hydrogen-bond donors (Lipinski definition) is 3. The molecule has 0 saturated carbocycles. The van der Waals surface area contributed by atoms with Crippen LogP contribution in [0.25, 0.3) is 0 Å². The second-order valence-electron chi connectivity index (χ2n) is 2.36. The summed E-state index contributed by atoms with van der Waals surface area (Å²) in [6.07, 6.45) is -1.44. The number of rotatable bonds is 3. The van der Waals surface area contributed by atoms with Crippen LogP contribution < -0.4 is 10.5 Å². The normalized spacial score (nSPS) is 10.2. The zero-order valence-electron chi connectivity index (χ0n) is 6.47. The molecule has 1 aromatic rings. The lowest BCUT2D eigenvalue weighted by Gasteiger charge is -2.06. The Morgan fingerprint density at radius 3 is 2.33 bits per heavy atom. The van der Waals surface area contributed by atoms with Gasteiger partial charge in [-0.1, -0.05) is 0 Å². The summed E-state index contributed by atoms with van der Waals surface area (Å²) in [6.45, 7) is -0.135. The third-order valence-electron chi connectivity index (χ3n) is 1.28. The molecule has 4 N–H and O–H groups in total. The number of nitrogen functional groups attached to an aromatic ring is 1. The maximum Gasteiger partial charge on any atom is 0.186 e. The summed E-state index contributed by atoms with van der Waals surface area (Å²) in [4.78, 5) is 0. The molecular weight excluding hydrogens is 158 g/mol. The highest BCUT2D eigenvalue weighted by atomic mass is 16.5. The van der Waals surface area contributed by atoms with Crippen molar-refractivity contribution >= 4 is 5.69 Å². The second-order valence-corrected chi connectivity index (χ2v) is 2.36. The lowest BCUT2D eigenvalue weighted by molar-refractivity contribution is -0.0680. The van der Waals surface area contributed by atoms with Gasteiger partial charge in [0.2, 0.25) is 0 Å². The van der Waals surface area contributed by atoms with Gasteiger partial charge in [0.05, 0.1) is 0 Å². The van der Waals surface area contributed by atoms with Gasteiger partial charge in [0.25, 0.3) is 0 Å². The minimum atomic E-state index is -1.44. The molecule has 12 heavy (non-hydrogen) atoms. The van der Waals surface area contributed by atoms with E-state index in [2.05, 4.69) is 0 Å². The van der Waals surface area contributed by atoms with Gasteiger partial charge in [0, 0.05) is 5.69 Å². The van der Waals surface area contributed by atoms with Crippen molar-refractivity contribution in [3.05, 3.63) is 24.3 Å². The van der Waals surface area contributed by atoms with Crippen LogP contribution in [0.3, 0.4) is 0 Å². The van der Waals surface area contributed by atoms with E-state index in [9.17, 15) is 0 Å². The van der Waals surface area contributed by atoms with Crippen LogP contribution in [0, 0.1) is 0 Å². The molecule has 0 atom stereocenters. The number of anilines is 1. The molecule has 0 aliphatic heterocycles. The number of ether oxygens (including phenoxy) is 1. The molecule has 0 aliphatic rings. The first kappa shape index (κ1) is 8.83. The van der Waals surface area contributed by atoms with Gasteiger partial charge in [-0.05, 0) is 24.3 Å². The highest BCUT2D eigenvalue weighted by Gasteiger charge is 1.98. The van der Waals surface area contributed by atoms with E-state index in [-0.39, 0.29) is 6.61 Å². The summed E-state index contributed by atoms with van der Waals surface area (Å²) in [6, 6.07) is 6.69. The van der Waals surface area contributed by atoms with Crippen molar-refractivity contribution in [3.8, 4) is 5.75 Å². The predicted octanol–water partition coefficient (Wildman–Crippen LogP) is -0.0417. The van der Waals surface area contributed by atoms with Gasteiger partial charge in [-0.3, -0.25) is 0 Å². The lowest BCUT2D eigenvalue weighted by atomic mass is 10.3. The molecule has 0 saturated heterocycles. The Balaban J connectivity index is 2.48. The number of aliphatic hydroxyl groups excluding tert-OH is 1. The van der Waals surface area contributed by atoms with E-state index in [0.29, 0.717) is 11.4 Å². The lowest BCUT2D eigenvalue weighted by Crippen LogP contribution is -2.15. The number of aliphatic hydroxyl groups is 2. The topological polar surface area (TPSA) is 75.7 Å². The van der Waals surface area contributed by atoms with E-state index in [4.69, 9.17) is 20.7 Å². The van der Waals surface area contributed by atoms with Crippen molar-refractivity contribution in [2.24, 2.45) is 0 Å². The van der Waals surface area contributed by atoms with E-state index < -0.39 is 6.29 Å². The molecule has 0 aromatic heterocycles. The molecule has 4 heteroatoms. The smallest absolute Gasteiger partial charge is 0.186 e. The van der Waals surface area contributed by atoms with Crippen LogP contribution >= 0.6 is 0 Å². The monoisotopic (exact) mass is 169 g/mol. The van der Waals surface area contributed by atoms with E-state index in [0.717, 1.165) is 0 Å². The van der Waals surface area contributed by atoms with Crippen LogP contribution in [0.15, 0.2) is 24.3 Å². The Morgan fingerprint density at radius 2 is 1.83 bits per heavy atom. The quantitative estimate of drug-likeness (QED) is 0.438. The summed E-state index contributed by atoms with van der Waals surface area (Å²) >= 11 is 0. The van der Waals surface area contributed by atoms with Gasteiger partial charge >= 0.3 is 0 Å². The van der Waals surface area contributed by atoms with Crippen molar-refractivity contribution in [2.45, 2.75) is 6.29 Å². The van der Waals surface area contributed by atoms with E-state index in [1.807, 2.05) is 0 Å². The molecule has 4 nitrogen and oxygen atoms in total. The van der Waals surface area contributed by atoms with Crippen LogP contribution in [0.4, 0.5) is 5.69 Å². The van der Waals surface area contributed by atoms with E-state index in [1.165, 1.54) is 0 Å². The van der Waals surface area contributed by atoms with Crippen molar-refractivity contribution in [1.82, 2.24) is 0 Å². The van der Waals surface area contributed by atoms with Crippen molar-refractivity contribution in [1.29, 1.82) is 0 Å². The molecule has 0 aliphatic carbocycles. The highest BCUT2D eigenvalue weighted by molar-refractivity contribution is 5.41. The maximum atomic E-state index is 8.47. The summed E-state index contributed by atoms with van der Waals surface area (Å²) < 4.78 is 4.97. The number of benzene rings is 1. The Morgan fingerprint density at radius 1 is 1.25 bits per heavy atom. The standard InChI is InChI=1S/C8H11NO3/c9-6-1-3-7(4-2-6)12-5-8(10)11/h1-4,8,10-11H,5,9H2. The fourth-order valence-corrected chi connectivity index (χ4v) is 0.735. The molecule has 66 valence electrons. The van der Waals surface area contributed by atoms with Crippen molar-refractivity contribution in [2.75, 3.05) is 12.3 Å². The molecule has 0 bridgehead atoms. The van der Waals surface area contributed by atoms with Gasteiger partial charge in [0.15, 0.2) is 6.29 Å². The van der Waals surface area contributed by atoms with Gasteiger partial charge < -0.3 is 20.7 Å². The Bertz CT molecular complexity index is 233. The van der Waals surface area contributed by atoms with Gasteiger partial charge in [-0.25, -0.2) is 0 Å². The number of hydrogen-bond acceptors (Lipinski definition) is 4. The first-order valence-corrected chi connectivity index (χ1v) is 3.53. The fourth-order valence-electron chi connectivity index (χ4n) is 0.735. The Kier molecular flexibility index (Phi) is 2.90. The zero-order valence-corrected chi connectivity index (χ0v) is 6.47. The molecule has 0 spiro atoms. The maximum absolute atomic E-state index is 8.47. The molecular formula is C8H11NO3. The van der Waals surface area contributed by atoms with Crippen LogP contribution in [0.2, 0.25) is 0 Å². The number of nitrogens with two attached hydrogens (primary N) is 1. The minimum absolute atomic E-state index is 0.135. The van der Waals surface area contributed by atoms with Crippen LogP contribution in [-0.2, 0) is 0 Å². The fraction of sp³-hybridized carbons (Fsp3) is 0.250. The third-order valence-corrected chi connectivity index (χ3v) is 1.28. The average Bonchev–Trinajstić information content (AvgIpc) is 2.03. The van der Waals surface area contributed by atoms with Crippen molar-refractivity contribution in [3.63, 3.8) is 0 Å². The Hall–Kier alpha value is -1.26. The van der Waals surface area contributed by atoms with Gasteiger partial charge in [-0.2, -0.15) is 0 Å². The van der Waals surface area contributed by atoms with E-state index >= 15 is 0 Å². The first-order valence-electron chi connectivity index (χ1n) is 3.53.